The number of benzene rings is 1. The second-order valence-electron chi connectivity index (χ2n) is 2.76. The Morgan fingerprint density at radius 1 is 1.54 bits per heavy atom. The molecular weight excluding hydrogens is 234 g/mol. The maximum Gasteiger partial charge on any atom is 0.310 e. The molecule has 5 heteroatoms. The normalized spacial score (nSPS) is 10.7. The summed E-state index contributed by atoms with van der Waals surface area (Å²) in [5.41, 5.74) is 4.98. The SMILES string of the molecule is Cc1cc(Br)c2oc(NN)nc2c1. The Balaban J connectivity index is 2.75. The van der Waals surface area contributed by atoms with Crippen LogP contribution in [-0.2, 0) is 0 Å². The van der Waals surface area contributed by atoms with Crippen molar-refractivity contribution in [1.82, 2.24) is 4.98 Å². The van der Waals surface area contributed by atoms with Crippen molar-refractivity contribution in [1.29, 1.82) is 0 Å². The standard InChI is InChI=1S/C8H8BrN3O/c1-4-2-5(9)7-6(3-4)11-8(12-10)13-7/h2-3H,10H2,1H3,(H,11,12). The largest absolute Gasteiger partial charge is 0.421 e. The molecule has 3 N–H and O–H groups in total. The van der Waals surface area contributed by atoms with E-state index in [2.05, 4.69) is 26.3 Å². The molecule has 1 aromatic carbocycles. The number of halogens is 1. The second-order valence-corrected chi connectivity index (χ2v) is 3.61. The van der Waals surface area contributed by atoms with Gasteiger partial charge in [-0.1, -0.05) is 0 Å². The average Bonchev–Trinajstić information content (AvgIpc) is 2.47. The van der Waals surface area contributed by atoms with Crippen molar-refractivity contribution in [2.75, 3.05) is 5.43 Å². The van der Waals surface area contributed by atoms with E-state index in [1.54, 1.807) is 0 Å². The third-order valence-electron chi connectivity index (χ3n) is 1.71. The van der Waals surface area contributed by atoms with Crippen molar-refractivity contribution in [2.24, 2.45) is 5.84 Å². The van der Waals surface area contributed by atoms with Crippen LogP contribution in [0.2, 0.25) is 0 Å². The number of nitrogens with two attached hydrogens (primary N) is 1. The Labute approximate surface area is 83.2 Å². The minimum atomic E-state index is 0.321. The summed E-state index contributed by atoms with van der Waals surface area (Å²) in [5.74, 6) is 5.18. The first-order valence-corrected chi connectivity index (χ1v) is 4.53. The van der Waals surface area contributed by atoms with Gasteiger partial charge in [0.25, 0.3) is 0 Å². The highest BCUT2D eigenvalue weighted by molar-refractivity contribution is 9.10. The zero-order valence-corrected chi connectivity index (χ0v) is 8.55. The third kappa shape index (κ3) is 1.40. The predicted octanol–water partition coefficient (Wildman–Crippen LogP) is 2.18. The topological polar surface area (TPSA) is 64.1 Å². The highest BCUT2D eigenvalue weighted by Crippen LogP contribution is 2.27. The number of anilines is 1. The first-order chi connectivity index (χ1) is 6.20. The number of hydrogen-bond donors (Lipinski definition) is 2. The summed E-state index contributed by atoms with van der Waals surface area (Å²) in [7, 11) is 0. The lowest BCUT2D eigenvalue weighted by atomic mass is 10.2. The second kappa shape index (κ2) is 3.01. The van der Waals surface area contributed by atoms with Gasteiger partial charge in [0.05, 0.1) is 4.47 Å². The van der Waals surface area contributed by atoms with Crippen LogP contribution in [0.1, 0.15) is 5.56 Å². The molecule has 0 fully saturated rings. The Morgan fingerprint density at radius 3 is 3.00 bits per heavy atom. The van der Waals surface area contributed by atoms with Crippen LogP contribution < -0.4 is 11.3 Å². The van der Waals surface area contributed by atoms with E-state index >= 15 is 0 Å². The fourth-order valence-electron chi connectivity index (χ4n) is 1.19. The maximum atomic E-state index is 5.31. The van der Waals surface area contributed by atoms with Gasteiger partial charge in [0.15, 0.2) is 5.58 Å². The third-order valence-corrected chi connectivity index (χ3v) is 2.30. The van der Waals surface area contributed by atoms with Gasteiger partial charge in [-0.25, -0.2) is 5.84 Å². The number of fused-ring (bicyclic) bond motifs is 1. The van der Waals surface area contributed by atoms with Gasteiger partial charge >= 0.3 is 6.01 Å². The van der Waals surface area contributed by atoms with Gasteiger partial charge in [0.1, 0.15) is 5.52 Å². The highest BCUT2D eigenvalue weighted by Gasteiger charge is 2.07. The van der Waals surface area contributed by atoms with Gasteiger partial charge in [0.2, 0.25) is 0 Å². The average molecular weight is 242 g/mol. The zero-order chi connectivity index (χ0) is 9.42. The lowest BCUT2D eigenvalue weighted by Gasteiger charge is -1.93. The summed E-state index contributed by atoms with van der Waals surface area (Å²) in [6.45, 7) is 1.99. The Hall–Kier alpha value is -1.07. The Kier molecular flexibility index (Phi) is 1.97. The van der Waals surface area contributed by atoms with Gasteiger partial charge in [-0.2, -0.15) is 4.98 Å². The van der Waals surface area contributed by atoms with E-state index in [-0.39, 0.29) is 0 Å². The van der Waals surface area contributed by atoms with Crippen molar-refractivity contribution in [3.05, 3.63) is 22.2 Å². The van der Waals surface area contributed by atoms with Crippen LogP contribution >= 0.6 is 15.9 Å². The molecule has 0 saturated heterocycles. The van der Waals surface area contributed by atoms with Crippen LogP contribution in [0.4, 0.5) is 6.01 Å². The number of aryl methyl sites for hydroxylation is 1. The quantitative estimate of drug-likeness (QED) is 0.594. The molecule has 2 aromatic rings. The number of aromatic nitrogens is 1. The molecule has 1 aromatic heterocycles. The number of hydrogen-bond acceptors (Lipinski definition) is 4. The van der Waals surface area contributed by atoms with Crippen LogP contribution in [0.25, 0.3) is 11.1 Å². The smallest absolute Gasteiger partial charge is 0.310 e. The van der Waals surface area contributed by atoms with Crippen molar-refractivity contribution in [3.8, 4) is 0 Å². The minimum absolute atomic E-state index is 0.321. The molecule has 4 nitrogen and oxygen atoms in total. The van der Waals surface area contributed by atoms with E-state index < -0.39 is 0 Å². The molecule has 0 saturated carbocycles. The van der Waals surface area contributed by atoms with Crippen molar-refractivity contribution >= 4 is 33.0 Å². The molecule has 0 atom stereocenters. The molecular formula is C8H8BrN3O. The number of nitrogens with one attached hydrogen (secondary N) is 1. The molecule has 2 rings (SSSR count). The molecule has 0 amide bonds. The van der Waals surface area contributed by atoms with Gasteiger partial charge in [0, 0.05) is 0 Å². The first kappa shape index (κ1) is 8.52. The molecule has 0 unspecified atom stereocenters. The van der Waals surface area contributed by atoms with Crippen LogP contribution in [0.15, 0.2) is 21.0 Å². The van der Waals surface area contributed by atoms with Gasteiger partial charge in [-0.05, 0) is 40.5 Å². The summed E-state index contributed by atoms with van der Waals surface area (Å²) in [4.78, 5) is 4.12. The fraction of sp³-hybridized carbons (Fsp3) is 0.125. The lowest BCUT2D eigenvalue weighted by Crippen LogP contribution is -2.06. The number of rotatable bonds is 1. The number of oxazole rings is 1. The molecule has 0 bridgehead atoms. The van der Waals surface area contributed by atoms with Gasteiger partial charge < -0.3 is 4.42 Å². The Morgan fingerprint density at radius 2 is 2.31 bits per heavy atom. The van der Waals surface area contributed by atoms with Crippen molar-refractivity contribution < 1.29 is 4.42 Å². The first-order valence-electron chi connectivity index (χ1n) is 3.74. The summed E-state index contributed by atoms with van der Waals surface area (Å²) in [6.07, 6.45) is 0. The van der Waals surface area contributed by atoms with Crippen LogP contribution in [-0.4, -0.2) is 4.98 Å². The van der Waals surface area contributed by atoms with E-state index in [0.29, 0.717) is 11.6 Å². The van der Waals surface area contributed by atoms with Crippen molar-refractivity contribution in [2.45, 2.75) is 6.92 Å². The van der Waals surface area contributed by atoms with Crippen LogP contribution in [0, 0.1) is 6.92 Å². The van der Waals surface area contributed by atoms with E-state index in [0.717, 1.165) is 15.6 Å². The predicted molar refractivity (Wildman–Crippen MR) is 54.3 cm³/mol. The maximum absolute atomic E-state index is 5.31. The molecule has 0 spiro atoms. The molecule has 1 heterocycles. The van der Waals surface area contributed by atoms with Crippen LogP contribution in [0.5, 0.6) is 0 Å². The summed E-state index contributed by atoms with van der Waals surface area (Å²) >= 11 is 3.39. The van der Waals surface area contributed by atoms with E-state index in [1.165, 1.54) is 0 Å². The molecule has 0 aliphatic rings. The molecule has 0 radical (unpaired) electrons. The zero-order valence-electron chi connectivity index (χ0n) is 6.97. The number of nitrogen functional groups attached to an aromatic ring is 1. The minimum Gasteiger partial charge on any atom is -0.421 e. The fourth-order valence-corrected chi connectivity index (χ4v) is 1.83. The monoisotopic (exact) mass is 241 g/mol. The summed E-state index contributed by atoms with van der Waals surface area (Å²) in [5, 5.41) is 0. The van der Waals surface area contributed by atoms with E-state index in [4.69, 9.17) is 10.3 Å². The van der Waals surface area contributed by atoms with E-state index in [1.807, 2.05) is 19.1 Å². The Bertz CT molecular complexity index is 452. The van der Waals surface area contributed by atoms with E-state index in [9.17, 15) is 0 Å². The van der Waals surface area contributed by atoms with Crippen LogP contribution in [0.3, 0.4) is 0 Å². The molecule has 68 valence electrons. The lowest BCUT2D eigenvalue weighted by molar-refractivity contribution is 0.615. The summed E-state index contributed by atoms with van der Waals surface area (Å²) in [6, 6.07) is 4.22. The van der Waals surface area contributed by atoms with Gasteiger partial charge in [-0.3, -0.25) is 5.43 Å². The van der Waals surface area contributed by atoms with Gasteiger partial charge in [-0.15, -0.1) is 0 Å². The molecule has 0 aliphatic carbocycles. The number of nitrogens with zero attached hydrogens (tertiary/aromatic N) is 1. The molecule has 13 heavy (non-hydrogen) atoms. The highest BCUT2D eigenvalue weighted by atomic mass is 79.9. The number of hydrazine groups is 1. The van der Waals surface area contributed by atoms with Crippen molar-refractivity contribution in [3.63, 3.8) is 0 Å². The molecule has 0 aliphatic heterocycles. The summed E-state index contributed by atoms with van der Waals surface area (Å²) < 4.78 is 6.19.